The molecule has 3 unspecified atom stereocenters. The van der Waals surface area contributed by atoms with Crippen molar-refractivity contribution in [3.63, 3.8) is 0 Å². The Balaban J connectivity index is 4.09. The number of unbranched alkanes of at least 4 members (excludes halogenated alkanes) is 6. The second kappa shape index (κ2) is 22.5. The van der Waals surface area contributed by atoms with E-state index in [9.17, 15) is 20.1 Å². The zero-order valence-corrected chi connectivity index (χ0v) is 20.3. The van der Waals surface area contributed by atoms with Gasteiger partial charge in [0, 0.05) is 0 Å². The van der Waals surface area contributed by atoms with Gasteiger partial charge in [-0.1, -0.05) is 81.7 Å². The average molecular weight is 450 g/mol. The molecule has 0 bridgehead atoms. The molecular weight excluding hydrogens is 402 g/mol. The van der Waals surface area contributed by atoms with Gasteiger partial charge in [0.1, 0.15) is 0 Å². The molecule has 3 atom stereocenters. The molecule has 184 valence electrons. The second-order valence-electron chi connectivity index (χ2n) is 8.20. The Morgan fingerprint density at radius 2 is 1.44 bits per heavy atom. The maximum absolute atomic E-state index is 12.1. The summed E-state index contributed by atoms with van der Waals surface area (Å²) in [6, 6.07) is -0.777. The van der Waals surface area contributed by atoms with Crippen LogP contribution < -0.4 is 5.32 Å². The van der Waals surface area contributed by atoms with Crippen LogP contribution in [-0.2, 0) is 4.79 Å². The highest BCUT2D eigenvalue weighted by molar-refractivity contribution is 5.76. The molecule has 0 aliphatic heterocycles. The minimum Gasteiger partial charge on any atom is -0.394 e. The molecule has 0 aromatic carbocycles. The third kappa shape index (κ3) is 19.0. The topological polar surface area (TPSA) is 89.8 Å². The Hall–Kier alpha value is -1.69. The number of nitrogens with one attached hydrogen (secondary N) is 1. The summed E-state index contributed by atoms with van der Waals surface area (Å²) < 4.78 is 0. The molecule has 5 nitrogen and oxygen atoms in total. The minimum atomic E-state index is -0.965. The predicted molar refractivity (Wildman–Crippen MR) is 134 cm³/mol. The van der Waals surface area contributed by atoms with E-state index in [2.05, 4.69) is 49.5 Å². The van der Waals surface area contributed by atoms with Gasteiger partial charge in [0.2, 0.25) is 5.91 Å². The van der Waals surface area contributed by atoms with Crippen LogP contribution in [0.2, 0.25) is 0 Å². The lowest BCUT2D eigenvalue weighted by molar-refractivity contribution is -0.124. The van der Waals surface area contributed by atoms with E-state index < -0.39 is 18.2 Å². The molecule has 32 heavy (non-hydrogen) atoms. The Morgan fingerprint density at radius 1 is 0.812 bits per heavy atom. The Labute approximate surface area is 196 Å². The second-order valence-corrected chi connectivity index (χ2v) is 8.20. The molecule has 0 aromatic rings. The van der Waals surface area contributed by atoms with Gasteiger partial charge in [-0.15, -0.1) is 0 Å². The van der Waals surface area contributed by atoms with Crippen LogP contribution in [0.3, 0.4) is 0 Å². The highest BCUT2D eigenvalue weighted by Crippen LogP contribution is 2.06. The monoisotopic (exact) mass is 449 g/mol. The maximum Gasteiger partial charge on any atom is 0.223 e. The van der Waals surface area contributed by atoms with Crippen LogP contribution in [0.25, 0.3) is 0 Å². The molecule has 0 aromatic heterocycles. The molecule has 0 rings (SSSR count). The summed E-state index contributed by atoms with van der Waals surface area (Å²) in [5.74, 6) is -0.375. The highest BCUT2D eigenvalue weighted by atomic mass is 16.3. The predicted octanol–water partition coefficient (Wildman–Crippen LogP) is 5.13. The molecule has 0 saturated heterocycles. The zero-order chi connectivity index (χ0) is 23.9. The first-order valence-electron chi connectivity index (χ1n) is 12.4. The first kappa shape index (κ1) is 30.3. The van der Waals surface area contributed by atoms with Gasteiger partial charge in [0.25, 0.3) is 0 Å². The van der Waals surface area contributed by atoms with E-state index in [1.54, 1.807) is 6.08 Å². The SMILES string of the molecule is CC/C=C/CC/C=C/CC/C=C/C(O)C(CO)NC(=O)CC(O)C/C=C\CCCCCC. The number of aliphatic hydroxyl groups excluding tert-OH is 3. The molecule has 0 spiro atoms. The summed E-state index contributed by atoms with van der Waals surface area (Å²) in [6.07, 6.45) is 25.4. The van der Waals surface area contributed by atoms with Crippen molar-refractivity contribution in [3.05, 3.63) is 48.6 Å². The molecule has 0 saturated carbocycles. The van der Waals surface area contributed by atoms with Crippen LogP contribution in [0.1, 0.15) is 90.9 Å². The smallest absolute Gasteiger partial charge is 0.223 e. The van der Waals surface area contributed by atoms with Crippen LogP contribution in [-0.4, -0.2) is 46.1 Å². The number of allylic oxidation sites excluding steroid dienone is 6. The number of aliphatic hydroxyl groups is 3. The third-order valence-corrected chi connectivity index (χ3v) is 5.08. The molecule has 0 heterocycles. The fourth-order valence-electron chi connectivity index (χ4n) is 3.14. The molecule has 0 fully saturated rings. The summed E-state index contributed by atoms with van der Waals surface area (Å²) in [4.78, 5) is 12.1. The fourth-order valence-corrected chi connectivity index (χ4v) is 3.14. The number of hydrogen-bond donors (Lipinski definition) is 4. The average Bonchev–Trinajstić information content (AvgIpc) is 2.77. The van der Waals surface area contributed by atoms with E-state index in [-0.39, 0.29) is 18.9 Å². The maximum atomic E-state index is 12.1. The molecule has 4 N–H and O–H groups in total. The quantitative estimate of drug-likeness (QED) is 0.153. The summed E-state index contributed by atoms with van der Waals surface area (Å²) in [7, 11) is 0. The van der Waals surface area contributed by atoms with Crippen LogP contribution in [0.5, 0.6) is 0 Å². The fraction of sp³-hybridized carbons (Fsp3) is 0.667. The van der Waals surface area contributed by atoms with Crippen molar-refractivity contribution in [1.82, 2.24) is 5.32 Å². The Kier molecular flexibility index (Phi) is 21.3. The number of rotatable bonds is 20. The number of amides is 1. The van der Waals surface area contributed by atoms with Crippen LogP contribution in [0.15, 0.2) is 48.6 Å². The summed E-state index contributed by atoms with van der Waals surface area (Å²) in [6.45, 7) is 3.94. The molecule has 0 aliphatic rings. The summed E-state index contributed by atoms with van der Waals surface area (Å²) in [5.41, 5.74) is 0. The van der Waals surface area contributed by atoms with E-state index >= 15 is 0 Å². The van der Waals surface area contributed by atoms with E-state index in [0.717, 1.165) is 44.9 Å². The standard InChI is InChI=1S/C27H47NO4/c1-3-5-7-9-11-12-13-15-17-19-21-26(31)25(23-29)28-27(32)22-24(30)20-18-16-14-10-8-6-4-2/h5,7,12-13,16,18-19,21,24-26,29-31H,3-4,6,8-11,14-15,17,20,22-23H2,1-2H3,(H,28,32)/b7-5+,13-12+,18-16-,21-19+. The lowest BCUT2D eigenvalue weighted by Gasteiger charge is -2.20. The van der Waals surface area contributed by atoms with Gasteiger partial charge in [-0.05, 0) is 51.4 Å². The molecule has 5 heteroatoms. The van der Waals surface area contributed by atoms with E-state index in [0.29, 0.717) is 6.42 Å². The normalized spacial score (nSPS) is 15.3. The molecule has 0 radical (unpaired) electrons. The third-order valence-electron chi connectivity index (χ3n) is 5.08. The van der Waals surface area contributed by atoms with Crippen molar-refractivity contribution < 1.29 is 20.1 Å². The first-order chi connectivity index (χ1) is 15.5. The lowest BCUT2D eigenvalue weighted by Crippen LogP contribution is -2.45. The van der Waals surface area contributed by atoms with Gasteiger partial charge in [-0.2, -0.15) is 0 Å². The number of carbonyl (C=O) groups is 1. The molecular formula is C27H47NO4. The van der Waals surface area contributed by atoms with Gasteiger partial charge in [-0.3, -0.25) is 4.79 Å². The van der Waals surface area contributed by atoms with E-state index in [1.165, 1.54) is 19.3 Å². The number of hydrogen-bond acceptors (Lipinski definition) is 4. The van der Waals surface area contributed by atoms with Crippen LogP contribution >= 0.6 is 0 Å². The first-order valence-corrected chi connectivity index (χ1v) is 12.4. The zero-order valence-electron chi connectivity index (χ0n) is 20.3. The van der Waals surface area contributed by atoms with E-state index in [1.807, 2.05) is 12.2 Å². The van der Waals surface area contributed by atoms with Crippen molar-refractivity contribution >= 4 is 5.91 Å². The highest BCUT2D eigenvalue weighted by Gasteiger charge is 2.19. The van der Waals surface area contributed by atoms with Crippen LogP contribution in [0.4, 0.5) is 0 Å². The molecule has 0 aliphatic carbocycles. The van der Waals surface area contributed by atoms with Crippen molar-refractivity contribution in [2.75, 3.05) is 6.61 Å². The van der Waals surface area contributed by atoms with Gasteiger partial charge in [0.05, 0.1) is 31.3 Å². The van der Waals surface area contributed by atoms with Gasteiger partial charge in [0.15, 0.2) is 0 Å². The molecule has 1 amide bonds. The Morgan fingerprint density at radius 3 is 2.06 bits per heavy atom. The van der Waals surface area contributed by atoms with Gasteiger partial charge >= 0.3 is 0 Å². The van der Waals surface area contributed by atoms with Crippen LogP contribution in [0, 0.1) is 0 Å². The number of carbonyl (C=O) groups excluding carboxylic acids is 1. The van der Waals surface area contributed by atoms with E-state index in [4.69, 9.17) is 0 Å². The van der Waals surface area contributed by atoms with Crippen molar-refractivity contribution in [3.8, 4) is 0 Å². The van der Waals surface area contributed by atoms with Crippen molar-refractivity contribution in [2.24, 2.45) is 0 Å². The Bertz CT molecular complexity index is 554. The summed E-state index contributed by atoms with van der Waals surface area (Å²) >= 11 is 0. The van der Waals surface area contributed by atoms with Gasteiger partial charge < -0.3 is 20.6 Å². The van der Waals surface area contributed by atoms with Crippen molar-refractivity contribution in [2.45, 2.75) is 109 Å². The minimum absolute atomic E-state index is 0.0502. The lowest BCUT2D eigenvalue weighted by atomic mass is 10.1. The summed E-state index contributed by atoms with van der Waals surface area (Å²) in [5, 5.41) is 32.4. The largest absolute Gasteiger partial charge is 0.394 e. The van der Waals surface area contributed by atoms with Gasteiger partial charge in [-0.25, -0.2) is 0 Å². The van der Waals surface area contributed by atoms with Crippen molar-refractivity contribution in [1.29, 1.82) is 0 Å².